The van der Waals surface area contributed by atoms with E-state index in [1.807, 2.05) is 12.1 Å². The van der Waals surface area contributed by atoms with Crippen molar-refractivity contribution in [2.24, 2.45) is 10.1 Å². The van der Waals surface area contributed by atoms with Gasteiger partial charge in [-0.05, 0) is 60.7 Å². The highest BCUT2D eigenvalue weighted by Gasteiger charge is 2.23. The molecule has 1 aliphatic rings. The lowest BCUT2D eigenvalue weighted by Gasteiger charge is -2.18. The van der Waals surface area contributed by atoms with Gasteiger partial charge in [0.25, 0.3) is 5.91 Å². The second-order valence-electron chi connectivity index (χ2n) is 6.71. The predicted octanol–water partition coefficient (Wildman–Crippen LogP) is 3.05. The Morgan fingerprint density at radius 2 is 1.48 bits per heavy atom. The first-order chi connectivity index (χ1) is 16.0. The van der Waals surface area contributed by atoms with Crippen LogP contribution in [0.3, 0.4) is 0 Å². The van der Waals surface area contributed by atoms with Crippen molar-refractivity contribution >= 4 is 47.0 Å². The highest BCUT2D eigenvalue weighted by molar-refractivity contribution is 6.30. The summed E-state index contributed by atoms with van der Waals surface area (Å²) in [6.07, 6.45) is 0.186. The van der Waals surface area contributed by atoms with Gasteiger partial charge in [-0.1, -0.05) is 41.4 Å². The molecule has 1 heterocycles. The minimum Gasteiger partial charge on any atom is -0.446 e. The van der Waals surface area contributed by atoms with E-state index >= 15 is 0 Å². The Morgan fingerprint density at radius 1 is 0.909 bits per heavy atom. The molecule has 1 aliphatic heterocycles. The van der Waals surface area contributed by atoms with E-state index in [1.54, 1.807) is 66.7 Å². The molecule has 33 heavy (non-hydrogen) atoms. The number of hydrazone groups is 1. The van der Waals surface area contributed by atoms with Gasteiger partial charge in [-0.15, -0.1) is 5.10 Å². The summed E-state index contributed by atoms with van der Waals surface area (Å²) >= 11 is 11.8. The zero-order valence-electron chi connectivity index (χ0n) is 16.9. The lowest BCUT2D eigenvalue weighted by atomic mass is 10.1. The molecule has 0 aliphatic carbocycles. The van der Waals surface area contributed by atoms with Gasteiger partial charge in [0.2, 0.25) is 0 Å². The molecule has 0 saturated heterocycles. The van der Waals surface area contributed by atoms with Crippen LogP contribution in [0.4, 0.5) is 0 Å². The van der Waals surface area contributed by atoms with Crippen molar-refractivity contribution in [1.29, 1.82) is 0 Å². The van der Waals surface area contributed by atoms with Crippen molar-refractivity contribution in [3.05, 3.63) is 99.0 Å². The molecule has 1 N–H and O–H groups in total. The fourth-order valence-corrected chi connectivity index (χ4v) is 3.03. The third-order valence-electron chi connectivity index (χ3n) is 4.36. The number of nitrogens with one attached hydrogen (secondary N) is 1. The number of rotatable bonds is 6. The molecule has 0 spiro atoms. The summed E-state index contributed by atoms with van der Waals surface area (Å²) in [4.78, 5) is 28.9. The van der Waals surface area contributed by atoms with Gasteiger partial charge in [0.05, 0.1) is 5.36 Å². The maximum atomic E-state index is 12.7. The largest absolute Gasteiger partial charge is 0.446 e. The van der Waals surface area contributed by atoms with Gasteiger partial charge in [0.1, 0.15) is 17.1 Å². The van der Waals surface area contributed by atoms with Gasteiger partial charge < -0.3 is 9.47 Å². The second kappa shape index (κ2) is 10.1. The maximum absolute atomic E-state index is 12.7. The van der Waals surface area contributed by atoms with Crippen molar-refractivity contribution in [2.75, 3.05) is 0 Å². The van der Waals surface area contributed by atoms with Gasteiger partial charge in [-0.3, -0.25) is 9.59 Å². The molecule has 9 heteroatoms. The monoisotopic (exact) mass is 479 g/mol. The Balaban J connectivity index is 1.54. The van der Waals surface area contributed by atoms with Crippen LogP contribution < -0.4 is 25.5 Å². The van der Waals surface area contributed by atoms with E-state index in [4.69, 9.17) is 32.7 Å². The van der Waals surface area contributed by atoms with E-state index in [0.717, 1.165) is 5.22 Å². The van der Waals surface area contributed by atoms with Crippen LogP contribution >= 0.6 is 23.2 Å². The molecule has 0 aromatic heterocycles. The summed E-state index contributed by atoms with van der Waals surface area (Å²) < 4.78 is 11.3. The standard InChI is InChI=1S/C24H15Cl2N3O4/c25-17-5-9-19(10-6-17)32-24(33-20-11-7-18(26)8-12-20)23(31)29-27-14-16-13-15-3-1-2-4-21(15)28-22(16)30/h1-13,24H,(H,29,31). The molecule has 0 radical (unpaired) electrons. The van der Waals surface area contributed by atoms with Gasteiger partial charge in [-0.25, -0.2) is 10.4 Å². The molecule has 7 nitrogen and oxygen atoms in total. The Labute approximate surface area is 198 Å². The number of para-hydroxylation sites is 1. The summed E-state index contributed by atoms with van der Waals surface area (Å²) in [5.74, 6) is 1.96. The van der Waals surface area contributed by atoms with Crippen molar-refractivity contribution in [3.63, 3.8) is 0 Å². The minimum absolute atomic E-state index is 0.0998. The molecule has 0 atom stereocenters. The highest BCUT2D eigenvalue weighted by Crippen LogP contribution is 2.20. The molecule has 4 rings (SSSR count). The van der Waals surface area contributed by atoms with Crippen LogP contribution in [0.15, 0.2) is 88.5 Å². The quantitative estimate of drug-likeness (QED) is 0.254. The Kier molecular flexibility index (Phi) is 6.86. The summed E-state index contributed by atoms with van der Waals surface area (Å²) in [5, 5.41) is 6.08. The first-order valence-electron chi connectivity index (χ1n) is 9.65. The van der Waals surface area contributed by atoms with Gasteiger partial charge in [0.15, 0.2) is 0 Å². The maximum Gasteiger partial charge on any atom is 0.323 e. The Hall–Kier alpha value is -3.90. The number of halogens is 2. The SMILES string of the molecule is O=C1N=c2ccccc2=CC1=C=NNC(=O)C(Oc1ccc(Cl)cc1)Oc1ccc(Cl)cc1. The fraction of sp³-hybridized carbons (Fsp3) is 0.0417. The first kappa shape index (κ1) is 22.3. The summed E-state index contributed by atoms with van der Waals surface area (Å²) in [6.45, 7) is 0. The molecular formula is C24H15Cl2N3O4. The van der Waals surface area contributed by atoms with Gasteiger partial charge in [-0.2, -0.15) is 0 Å². The van der Waals surface area contributed by atoms with Gasteiger partial charge >= 0.3 is 12.2 Å². The fourth-order valence-electron chi connectivity index (χ4n) is 2.78. The second-order valence-corrected chi connectivity index (χ2v) is 7.58. The number of carbonyl (C=O) groups is 2. The van der Waals surface area contributed by atoms with E-state index in [9.17, 15) is 9.59 Å². The van der Waals surface area contributed by atoms with Crippen molar-refractivity contribution in [2.45, 2.75) is 6.29 Å². The van der Waals surface area contributed by atoms with Crippen LogP contribution in [0.1, 0.15) is 0 Å². The van der Waals surface area contributed by atoms with Crippen LogP contribution in [0.5, 0.6) is 11.5 Å². The average molecular weight is 480 g/mol. The van der Waals surface area contributed by atoms with E-state index in [2.05, 4.69) is 21.4 Å². The average Bonchev–Trinajstić information content (AvgIpc) is 2.81. The van der Waals surface area contributed by atoms with Crippen LogP contribution in [0.2, 0.25) is 10.0 Å². The Bertz CT molecular complexity index is 1330. The zero-order chi connectivity index (χ0) is 23.2. The topological polar surface area (TPSA) is 89.4 Å². The number of benzene rings is 3. The summed E-state index contributed by atoms with van der Waals surface area (Å²) in [6, 6.07) is 20.0. The van der Waals surface area contributed by atoms with Crippen molar-refractivity contribution < 1.29 is 19.1 Å². The number of hydrogen-bond donors (Lipinski definition) is 1. The van der Waals surface area contributed by atoms with E-state index in [1.165, 1.54) is 0 Å². The highest BCUT2D eigenvalue weighted by atomic mass is 35.5. The molecule has 2 amide bonds. The number of ether oxygens (including phenoxy) is 2. The molecule has 0 bridgehead atoms. The number of amides is 2. The predicted molar refractivity (Wildman–Crippen MR) is 124 cm³/mol. The van der Waals surface area contributed by atoms with Crippen molar-refractivity contribution in [3.8, 4) is 11.5 Å². The number of hydrogen-bond acceptors (Lipinski definition) is 5. The molecule has 0 saturated carbocycles. The van der Waals surface area contributed by atoms with Crippen LogP contribution in [0, 0.1) is 0 Å². The lowest BCUT2D eigenvalue weighted by molar-refractivity contribution is -0.140. The van der Waals surface area contributed by atoms with Gasteiger partial charge in [0, 0.05) is 21.1 Å². The first-order valence-corrected chi connectivity index (χ1v) is 10.4. The molecule has 3 aromatic carbocycles. The van der Waals surface area contributed by atoms with E-state index in [0.29, 0.717) is 26.9 Å². The molecule has 164 valence electrons. The molecule has 0 unspecified atom stereocenters. The number of fused-ring (bicyclic) bond motifs is 1. The molecule has 0 fully saturated rings. The molecular weight excluding hydrogens is 465 g/mol. The minimum atomic E-state index is -1.40. The number of carbonyl (C=O) groups excluding carboxylic acids is 2. The van der Waals surface area contributed by atoms with E-state index in [-0.39, 0.29) is 5.57 Å². The zero-order valence-corrected chi connectivity index (χ0v) is 18.4. The normalized spacial score (nSPS) is 12.1. The smallest absolute Gasteiger partial charge is 0.323 e. The lowest BCUT2D eigenvalue weighted by Crippen LogP contribution is -2.40. The van der Waals surface area contributed by atoms with E-state index < -0.39 is 18.1 Å². The summed E-state index contributed by atoms with van der Waals surface area (Å²) in [7, 11) is 0. The number of nitrogens with zero attached hydrogens (tertiary/aromatic N) is 2. The third-order valence-corrected chi connectivity index (χ3v) is 4.86. The van der Waals surface area contributed by atoms with Crippen LogP contribution in [0.25, 0.3) is 6.08 Å². The van der Waals surface area contributed by atoms with Crippen molar-refractivity contribution in [1.82, 2.24) is 5.43 Å². The Morgan fingerprint density at radius 3 is 2.09 bits per heavy atom. The molecule has 3 aromatic rings. The summed E-state index contributed by atoms with van der Waals surface area (Å²) in [5.41, 5.74) is 2.38. The van der Waals surface area contributed by atoms with Crippen LogP contribution in [-0.2, 0) is 9.59 Å². The van der Waals surface area contributed by atoms with Crippen LogP contribution in [-0.4, -0.2) is 24.0 Å². The third kappa shape index (κ3) is 5.87.